The molecule has 1 unspecified atom stereocenters. The smallest absolute Gasteiger partial charge is 0.125 e. The highest BCUT2D eigenvalue weighted by Gasteiger charge is 2.15. The van der Waals surface area contributed by atoms with Crippen molar-refractivity contribution in [3.8, 4) is 5.75 Å². The highest BCUT2D eigenvalue weighted by Crippen LogP contribution is 2.32. The Kier molecular flexibility index (Phi) is 5.33. The van der Waals surface area contributed by atoms with Crippen molar-refractivity contribution in [1.29, 1.82) is 0 Å². The van der Waals surface area contributed by atoms with Crippen LogP contribution in [0.15, 0.2) is 40.9 Å². The quantitative estimate of drug-likeness (QED) is 0.810. The van der Waals surface area contributed by atoms with Gasteiger partial charge in [-0.3, -0.25) is 0 Å². The van der Waals surface area contributed by atoms with Crippen LogP contribution in [0.5, 0.6) is 5.75 Å². The summed E-state index contributed by atoms with van der Waals surface area (Å²) in [4.78, 5) is 0. The molecule has 0 radical (unpaired) electrons. The molecule has 1 atom stereocenters. The number of hydrogen-bond donors (Lipinski definition) is 1. The number of aliphatic hydroxyl groups is 1. The predicted octanol–water partition coefficient (Wildman–Crippen LogP) is 5.04. The Bertz CT molecular complexity index is 617. The zero-order valence-corrected chi connectivity index (χ0v) is 13.8. The Morgan fingerprint density at radius 1 is 1.20 bits per heavy atom. The second-order valence-corrected chi connectivity index (χ2v) is 6.10. The maximum atomic E-state index is 10.4. The minimum absolute atomic E-state index is 0.397. The zero-order chi connectivity index (χ0) is 14.7. The third kappa shape index (κ3) is 3.67. The van der Waals surface area contributed by atoms with E-state index in [0.29, 0.717) is 22.2 Å². The minimum Gasteiger partial charge on any atom is -0.496 e. The highest BCUT2D eigenvalue weighted by molar-refractivity contribution is 9.10. The number of aliphatic hydroxyl groups excluding tert-OH is 1. The number of benzene rings is 2. The van der Waals surface area contributed by atoms with Gasteiger partial charge in [-0.15, -0.1) is 0 Å². The Morgan fingerprint density at radius 2 is 1.95 bits per heavy atom. The van der Waals surface area contributed by atoms with Crippen LogP contribution in [0.3, 0.4) is 0 Å². The lowest BCUT2D eigenvalue weighted by Gasteiger charge is -2.16. The van der Waals surface area contributed by atoms with Gasteiger partial charge in [0.15, 0.2) is 0 Å². The Hall–Kier alpha value is -0.740. The average Bonchev–Trinajstić information content (AvgIpc) is 2.41. The van der Waals surface area contributed by atoms with Crippen LogP contribution in [0.4, 0.5) is 0 Å². The average molecular weight is 376 g/mol. The summed E-state index contributed by atoms with van der Waals surface area (Å²) in [7, 11) is 1.58. The molecule has 20 heavy (non-hydrogen) atoms. The largest absolute Gasteiger partial charge is 0.496 e. The summed E-state index contributed by atoms with van der Waals surface area (Å²) in [6.45, 7) is 0. The van der Waals surface area contributed by atoms with Gasteiger partial charge in [0.25, 0.3) is 0 Å². The van der Waals surface area contributed by atoms with E-state index in [-0.39, 0.29) is 0 Å². The van der Waals surface area contributed by atoms with Crippen LogP contribution in [-0.4, -0.2) is 12.2 Å². The Morgan fingerprint density at radius 3 is 2.60 bits per heavy atom. The molecule has 0 aromatic heterocycles. The van der Waals surface area contributed by atoms with Gasteiger partial charge in [-0.05, 0) is 29.8 Å². The maximum absolute atomic E-state index is 10.4. The number of ether oxygens (including phenoxy) is 1. The van der Waals surface area contributed by atoms with E-state index in [1.54, 1.807) is 19.2 Å². The number of methoxy groups -OCH3 is 1. The Balaban J connectivity index is 2.25. The molecule has 0 saturated carbocycles. The minimum atomic E-state index is -0.697. The van der Waals surface area contributed by atoms with Gasteiger partial charge in [-0.1, -0.05) is 51.3 Å². The van der Waals surface area contributed by atoms with E-state index in [0.717, 1.165) is 15.6 Å². The summed E-state index contributed by atoms with van der Waals surface area (Å²) in [6.07, 6.45) is -0.301. The summed E-state index contributed by atoms with van der Waals surface area (Å²) in [5.41, 5.74) is 1.57. The second kappa shape index (κ2) is 6.81. The lowest BCUT2D eigenvalue weighted by Crippen LogP contribution is -2.04. The normalized spacial score (nSPS) is 12.2. The number of halogens is 3. The zero-order valence-electron chi connectivity index (χ0n) is 10.7. The molecule has 2 nitrogen and oxygen atoms in total. The van der Waals surface area contributed by atoms with E-state index in [1.807, 2.05) is 24.3 Å². The summed E-state index contributed by atoms with van der Waals surface area (Å²) < 4.78 is 6.19. The highest BCUT2D eigenvalue weighted by atomic mass is 79.9. The lowest BCUT2D eigenvalue weighted by molar-refractivity contribution is 0.174. The number of hydrogen-bond acceptors (Lipinski definition) is 2. The molecule has 2 rings (SSSR count). The summed E-state index contributed by atoms with van der Waals surface area (Å²) in [5, 5.41) is 11.5. The van der Waals surface area contributed by atoms with Crippen molar-refractivity contribution >= 4 is 39.1 Å². The fraction of sp³-hybridized carbons (Fsp3) is 0.200. The molecular weight excluding hydrogens is 363 g/mol. The van der Waals surface area contributed by atoms with Crippen molar-refractivity contribution in [3.05, 3.63) is 62.0 Å². The molecule has 0 spiro atoms. The first kappa shape index (κ1) is 15.6. The summed E-state index contributed by atoms with van der Waals surface area (Å²) in [6, 6.07) is 10.8. The van der Waals surface area contributed by atoms with Crippen LogP contribution < -0.4 is 4.74 Å². The van der Waals surface area contributed by atoms with Crippen molar-refractivity contribution in [3.63, 3.8) is 0 Å². The molecule has 0 fully saturated rings. The summed E-state index contributed by atoms with van der Waals surface area (Å²) in [5.74, 6) is 0.636. The van der Waals surface area contributed by atoms with E-state index in [9.17, 15) is 5.11 Å². The third-order valence-electron chi connectivity index (χ3n) is 2.98. The van der Waals surface area contributed by atoms with Gasteiger partial charge < -0.3 is 9.84 Å². The third-order valence-corrected chi connectivity index (χ3v) is 4.06. The molecule has 0 bridgehead atoms. The van der Waals surface area contributed by atoms with Crippen molar-refractivity contribution in [1.82, 2.24) is 0 Å². The molecule has 0 saturated heterocycles. The van der Waals surface area contributed by atoms with Gasteiger partial charge in [0, 0.05) is 26.5 Å². The predicted molar refractivity (Wildman–Crippen MR) is 85.8 cm³/mol. The molecule has 106 valence electrons. The molecule has 0 aliphatic rings. The van der Waals surface area contributed by atoms with E-state index in [1.165, 1.54) is 0 Å². The van der Waals surface area contributed by atoms with Gasteiger partial charge in [-0.2, -0.15) is 0 Å². The summed E-state index contributed by atoms with van der Waals surface area (Å²) >= 11 is 15.4. The van der Waals surface area contributed by atoms with Crippen LogP contribution in [-0.2, 0) is 6.42 Å². The molecule has 0 heterocycles. The first-order valence-corrected chi connectivity index (χ1v) is 7.51. The SMILES string of the molecule is COc1cc(Br)ccc1C(O)Cc1ccc(Cl)cc1Cl. The van der Waals surface area contributed by atoms with Crippen molar-refractivity contribution in [2.45, 2.75) is 12.5 Å². The molecule has 2 aromatic carbocycles. The van der Waals surface area contributed by atoms with Crippen LogP contribution in [0.25, 0.3) is 0 Å². The van der Waals surface area contributed by atoms with Crippen LogP contribution >= 0.6 is 39.1 Å². The standard InChI is InChI=1S/C15H13BrCl2O2/c1-20-15-7-10(16)3-5-12(15)14(19)6-9-2-4-11(17)8-13(9)18/h2-5,7-8,14,19H,6H2,1H3. The van der Waals surface area contributed by atoms with Crippen molar-refractivity contribution in [2.75, 3.05) is 7.11 Å². The molecule has 0 aliphatic carbocycles. The van der Waals surface area contributed by atoms with Crippen LogP contribution in [0.2, 0.25) is 10.0 Å². The Labute approximate surface area is 136 Å². The van der Waals surface area contributed by atoms with Gasteiger partial charge in [0.05, 0.1) is 13.2 Å². The monoisotopic (exact) mass is 374 g/mol. The van der Waals surface area contributed by atoms with Crippen molar-refractivity contribution < 1.29 is 9.84 Å². The topological polar surface area (TPSA) is 29.5 Å². The molecule has 2 aromatic rings. The van der Waals surface area contributed by atoms with Gasteiger partial charge in [0.2, 0.25) is 0 Å². The van der Waals surface area contributed by atoms with E-state index in [4.69, 9.17) is 27.9 Å². The van der Waals surface area contributed by atoms with Crippen molar-refractivity contribution in [2.24, 2.45) is 0 Å². The molecule has 5 heteroatoms. The second-order valence-electron chi connectivity index (χ2n) is 4.34. The first-order chi connectivity index (χ1) is 9.51. The molecule has 0 aliphatic heterocycles. The van der Waals surface area contributed by atoms with Gasteiger partial charge in [0.1, 0.15) is 5.75 Å². The lowest BCUT2D eigenvalue weighted by atomic mass is 10.0. The maximum Gasteiger partial charge on any atom is 0.125 e. The fourth-order valence-electron chi connectivity index (χ4n) is 1.97. The van der Waals surface area contributed by atoms with E-state index >= 15 is 0 Å². The molecule has 0 amide bonds. The van der Waals surface area contributed by atoms with Crippen LogP contribution in [0.1, 0.15) is 17.2 Å². The molecular formula is C15H13BrCl2O2. The fourth-order valence-corrected chi connectivity index (χ4v) is 2.79. The van der Waals surface area contributed by atoms with Gasteiger partial charge in [-0.25, -0.2) is 0 Å². The van der Waals surface area contributed by atoms with Crippen LogP contribution in [0, 0.1) is 0 Å². The van der Waals surface area contributed by atoms with E-state index in [2.05, 4.69) is 15.9 Å². The number of rotatable bonds is 4. The van der Waals surface area contributed by atoms with E-state index < -0.39 is 6.10 Å². The van der Waals surface area contributed by atoms with Gasteiger partial charge >= 0.3 is 0 Å². The molecule has 1 N–H and O–H groups in total. The first-order valence-electron chi connectivity index (χ1n) is 5.96.